The number of halogens is 1. The Morgan fingerprint density at radius 2 is 2.23 bits per heavy atom. The van der Waals surface area contributed by atoms with Crippen molar-refractivity contribution in [1.29, 1.82) is 0 Å². The van der Waals surface area contributed by atoms with E-state index in [1.807, 2.05) is 6.07 Å². The van der Waals surface area contributed by atoms with Gasteiger partial charge in [0.1, 0.15) is 5.75 Å². The monoisotopic (exact) mass is 316 g/mol. The van der Waals surface area contributed by atoms with Gasteiger partial charge in [-0.1, -0.05) is 11.6 Å². The molecule has 22 heavy (non-hydrogen) atoms. The molecule has 3 rings (SSSR count). The minimum absolute atomic E-state index is 0.279. The molecular formula is C15H13ClN4O2. The summed E-state index contributed by atoms with van der Waals surface area (Å²) >= 11 is 6.15. The van der Waals surface area contributed by atoms with Gasteiger partial charge in [-0.2, -0.15) is 5.10 Å². The quantitative estimate of drug-likeness (QED) is 0.775. The Balaban J connectivity index is 1.85. The number of pyridine rings is 1. The Morgan fingerprint density at radius 1 is 1.36 bits per heavy atom. The molecule has 7 heteroatoms. The molecule has 0 fully saturated rings. The molecule has 6 nitrogen and oxygen atoms in total. The number of hydrogen-bond acceptors (Lipinski definition) is 4. The highest BCUT2D eigenvalue weighted by molar-refractivity contribution is 6.35. The summed E-state index contributed by atoms with van der Waals surface area (Å²) in [7, 11) is 1.56. The van der Waals surface area contributed by atoms with Gasteiger partial charge < -0.3 is 10.1 Å². The summed E-state index contributed by atoms with van der Waals surface area (Å²) in [4.78, 5) is 16.4. The first-order valence-electron chi connectivity index (χ1n) is 6.57. The van der Waals surface area contributed by atoms with Gasteiger partial charge in [0.15, 0.2) is 0 Å². The van der Waals surface area contributed by atoms with Gasteiger partial charge in [0.25, 0.3) is 5.91 Å². The van der Waals surface area contributed by atoms with E-state index in [2.05, 4.69) is 20.5 Å². The van der Waals surface area contributed by atoms with E-state index in [1.165, 1.54) is 0 Å². The average molecular weight is 317 g/mol. The first-order valence-corrected chi connectivity index (χ1v) is 6.95. The maximum absolute atomic E-state index is 12.5. The SMILES string of the molecule is COc1cnccc1CNC(=O)c1c(Cl)ccc2cn[nH]c12. The largest absolute Gasteiger partial charge is 0.495 e. The van der Waals surface area contributed by atoms with Crippen LogP contribution in [0, 0.1) is 0 Å². The van der Waals surface area contributed by atoms with Crippen LogP contribution in [0.15, 0.2) is 36.8 Å². The standard InChI is InChI=1S/C15H13ClN4O2/c1-22-12-8-17-5-4-9(12)6-18-15(21)13-11(16)3-2-10-7-19-20-14(10)13/h2-5,7-8H,6H2,1H3,(H,18,21)(H,19,20). The lowest BCUT2D eigenvalue weighted by Gasteiger charge is -2.10. The number of hydrogen-bond donors (Lipinski definition) is 2. The van der Waals surface area contributed by atoms with Crippen LogP contribution >= 0.6 is 11.6 Å². The van der Waals surface area contributed by atoms with Crippen LogP contribution in [0.2, 0.25) is 5.02 Å². The second-order valence-electron chi connectivity index (χ2n) is 4.63. The highest BCUT2D eigenvalue weighted by atomic mass is 35.5. The smallest absolute Gasteiger partial charge is 0.255 e. The highest BCUT2D eigenvalue weighted by Crippen LogP contribution is 2.24. The molecule has 0 aliphatic heterocycles. The molecule has 0 radical (unpaired) electrons. The number of benzene rings is 1. The number of carbonyl (C=O) groups excluding carboxylic acids is 1. The van der Waals surface area contributed by atoms with Gasteiger partial charge in [0.05, 0.1) is 35.6 Å². The Kier molecular flexibility index (Phi) is 3.93. The molecule has 0 saturated heterocycles. The molecule has 0 unspecified atom stereocenters. The minimum Gasteiger partial charge on any atom is -0.495 e. The average Bonchev–Trinajstić information content (AvgIpc) is 3.01. The molecule has 0 bridgehead atoms. The van der Waals surface area contributed by atoms with Gasteiger partial charge in [0, 0.05) is 23.7 Å². The zero-order valence-electron chi connectivity index (χ0n) is 11.8. The molecule has 0 spiro atoms. The maximum atomic E-state index is 12.5. The number of aromatic amines is 1. The van der Waals surface area contributed by atoms with Crippen LogP contribution in [0.25, 0.3) is 10.9 Å². The number of fused-ring (bicyclic) bond motifs is 1. The lowest BCUT2D eigenvalue weighted by Crippen LogP contribution is -2.23. The molecule has 1 aromatic carbocycles. The van der Waals surface area contributed by atoms with E-state index in [1.54, 1.807) is 37.8 Å². The van der Waals surface area contributed by atoms with Crippen LogP contribution in [-0.4, -0.2) is 28.2 Å². The number of nitrogens with one attached hydrogen (secondary N) is 2. The summed E-state index contributed by atoms with van der Waals surface area (Å²) in [5.74, 6) is 0.340. The van der Waals surface area contributed by atoms with Crippen molar-refractivity contribution < 1.29 is 9.53 Å². The third kappa shape index (κ3) is 2.60. The minimum atomic E-state index is -0.279. The number of rotatable bonds is 4. The van der Waals surface area contributed by atoms with E-state index < -0.39 is 0 Å². The Bertz CT molecular complexity index is 831. The third-order valence-electron chi connectivity index (χ3n) is 3.32. The summed E-state index contributed by atoms with van der Waals surface area (Å²) in [6.07, 6.45) is 4.89. The Morgan fingerprint density at radius 3 is 3.05 bits per heavy atom. The van der Waals surface area contributed by atoms with E-state index in [0.717, 1.165) is 10.9 Å². The molecule has 1 amide bonds. The van der Waals surface area contributed by atoms with Crippen LogP contribution < -0.4 is 10.1 Å². The molecular weight excluding hydrogens is 304 g/mol. The second-order valence-corrected chi connectivity index (χ2v) is 5.03. The van der Waals surface area contributed by atoms with Crippen molar-refractivity contribution in [3.63, 3.8) is 0 Å². The topological polar surface area (TPSA) is 79.9 Å². The zero-order valence-corrected chi connectivity index (χ0v) is 12.5. The summed E-state index contributed by atoms with van der Waals surface area (Å²) < 4.78 is 5.21. The fourth-order valence-corrected chi connectivity index (χ4v) is 2.46. The van der Waals surface area contributed by atoms with Gasteiger partial charge in [-0.3, -0.25) is 14.9 Å². The molecule has 2 heterocycles. The van der Waals surface area contributed by atoms with E-state index in [9.17, 15) is 4.79 Å². The van der Waals surface area contributed by atoms with Crippen LogP contribution in [0.4, 0.5) is 0 Å². The van der Waals surface area contributed by atoms with Crippen LogP contribution in [0.3, 0.4) is 0 Å². The van der Waals surface area contributed by atoms with Crippen LogP contribution in [0.5, 0.6) is 5.75 Å². The van der Waals surface area contributed by atoms with Crippen LogP contribution in [0.1, 0.15) is 15.9 Å². The lowest BCUT2D eigenvalue weighted by molar-refractivity contribution is 0.0952. The number of ether oxygens (including phenoxy) is 1. The number of aromatic nitrogens is 3. The predicted octanol–water partition coefficient (Wildman–Crippen LogP) is 2.55. The van der Waals surface area contributed by atoms with E-state index in [-0.39, 0.29) is 5.91 Å². The molecule has 2 N–H and O–H groups in total. The van der Waals surface area contributed by atoms with Gasteiger partial charge in [0.2, 0.25) is 0 Å². The summed E-state index contributed by atoms with van der Waals surface area (Å²) in [5, 5.41) is 10.8. The Labute approximate surface area is 131 Å². The molecule has 3 aromatic rings. The summed E-state index contributed by atoms with van der Waals surface area (Å²) in [6, 6.07) is 5.28. The number of amides is 1. The van der Waals surface area contributed by atoms with E-state index in [4.69, 9.17) is 16.3 Å². The zero-order chi connectivity index (χ0) is 15.5. The second kappa shape index (κ2) is 6.03. The van der Waals surface area contributed by atoms with Gasteiger partial charge in [-0.15, -0.1) is 0 Å². The Hall–Kier alpha value is -2.60. The van der Waals surface area contributed by atoms with Crippen molar-refractivity contribution in [1.82, 2.24) is 20.5 Å². The molecule has 0 aliphatic carbocycles. The van der Waals surface area contributed by atoms with Gasteiger partial charge in [-0.25, -0.2) is 0 Å². The molecule has 0 saturated carbocycles. The fourth-order valence-electron chi connectivity index (χ4n) is 2.21. The fraction of sp³-hybridized carbons (Fsp3) is 0.133. The number of carbonyl (C=O) groups is 1. The summed E-state index contributed by atoms with van der Waals surface area (Å²) in [5.41, 5.74) is 1.83. The van der Waals surface area contributed by atoms with Gasteiger partial charge >= 0.3 is 0 Å². The van der Waals surface area contributed by atoms with E-state index in [0.29, 0.717) is 28.4 Å². The predicted molar refractivity (Wildman–Crippen MR) is 83.1 cm³/mol. The number of methoxy groups -OCH3 is 1. The van der Waals surface area contributed by atoms with Crippen molar-refractivity contribution in [2.24, 2.45) is 0 Å². The number of nitrogens with zero attached hydrogens (tertiary/aromatic N) is 2. The van der Waals surface area contributed by atoms with Crippen LogP contribution in [-0.2, 0) is 6.54 Å². The molecule has 112 valence electrons. The summed E-state index contributed by atoms with van der Waals surface area (Å²) in [6.45, 7) is 0.311. The lowest BCUT2D eigenvalue weighted by atomic mass is 10.1. The first kappa shape index (κ1) is 14.3. The maximum Gasteiger partial charge on any atom is 0.255 e. The van der Waals surface area contributed by atoms with Crippen molar-refractivity contribution in [3.05, 3.63) is 52.9 Å². The van der Waals surface area contributed by atoms with Crippen molar-refractivity contribution in [2.75, 3.05) is 7.11 Å². The van der Waals surface area contributed by atoms with Crippen molar-refractivity contribution in [2.45, 2.75) is 6.54 Å². The third-order valence-corrected chi connectivity index (χ3v) is 3.64. The molecule has 0 atom stereocenters. The number of H-pyrrole nitrogens is 1. The van der Waals surface area contributed by atoms with Gasteiger partial charge in [-0.05, 0) is 18.2 Å². The van der Waals surface area contributed by atoms with Crippen molar-refractivity contribution >= 4 is 28.4 Å². The molecule has 2 aromatic heterocycles. The van der Waals surface area contributed by atoms with Crippen molar-refractivity contribution in [3.8, 4) is 5.75 Å². The van der Waals surface area contributed by atoms with E-state index >= 15 is 0 Å². The normalized spacial score (nSPS) is 10.6. The highest BCUT2D eigenvalue weighted by Gasteiger charge is 2.16. The first-order chi connectivity index (χ1) is 10.7. The molecule has 0 aliphatic rings.